The number of benzene rings is 1. The van der Waals surface area contributed by atoms with E-state index in [1.165, 1.54) is 7.11 Å². The third-order valence-electron chi connectivity index (χ3n) is 2.74. The maximum absolute atomic E-state index is 11.6. The molecule has 0 N–H and O–H groups in total. The van der Waals surface area contributed by atoms with Crippen LogP contribution in [-0.2, 0) is 4.79 Å². The molecule has 4 nitrogen and oxygen atoms in total. The summed E-state index contributed by atoms with van der Waals surface area (Å²) in [5.41, 5.74) is 0.997. The molecule has 1 heterocycles. The standard InChI is InChI=1S/C12H12ClNO3/c1-17-10-6-8(12(13)16)5-9(7-10)14-4-2-3-11(14)15/h5-7H,2-4H2,1H3. The van der Waals surface area contributed by atoms with Crippen LogP contribution in [0.5, 0.6) is 5.75 Å². The van der Waals surface area contributed by atoms with Crippen LogP contribution < -0.4 is 9.64 Å². The first kappa shape index (κ1) is 11.9. The molecular weight excluding hydrogens is 242 g/mol. The Morgan fingerprint density at radius 1 is 1.41 bits per heavy atom. The van der Waals surface area contributed by atoms with Crippen LogP contribution in [0.3, 0.4) is 0 Å². The van der Waals surface area contributed by atoms with Gasteiger partial charge in [-0.3, -0.25) is 9.59 Å². The number of halogens is 1. The van der Waals surface area contributed by atoms with Crippen molar-refractivity contribution in [2.45, 2.75) is 12.8 Å². The smallest absolute Gasteiger partial charge is 0.252 e. The third-order valence-corrected chi connectivity index (χ3v) is 2.96. The van der Waals surface area contributed by atoms with Crippen LogP contribution in [0, 0.1) is 0 Å². The molecule has 90 valence electrons. The van der Waals surface area contributed by atoms with Gasteiger partial charge < -0.3 is 9.64 Å². The summed E-state index contributed by atoms with van der Waals surface area (Å²) in [6.07, 6.45) is 1.38. The quantitative estimate of drug-likeness (QED) is 0.776. The van der Waals surface area contributed by atoms with Crippen molar-refractivity contribution in [3.8, 4) is 5.75 Å². The van der Waals surface area contributed by atoms with Crippen LogP contribution in [0.1, 0.15) is 23.2 Å². The first-order valence-electron chi connectivity index (χ1n) is 5.31. The van der Waals surface area contributed by atoms with Crippen molar-refractivity contribution in [2.75, 3.05) is 18.6 Å². The summed E-state index contributed by atoms with van der Waals surface area (Å²) in [6, 6.07) is 4.90. The van der Waals surface area contributed by atoms with Crippen molar-refractivity contribution in [1.29, 1.82) is 0 Å². The van der Waals surface area contributed by atoms with Crippen molar-refractivity contribution in [2.24, 2.45) is 0 Å². The lowest BCUT2D eigenvalue weighted by Gasteiger charge is -2.17. The number of hydrogen-bond donors (Lipinski definition) is 0. The van der Waals surface area contributed by atoms with Crippen LogP contribution in [0.25, 0.3) is 0 Å². The van der Waals surface area contributed by atoms with Gasteiger partial charge in [-0.05, 0) is 30.2 Å². The van der Waals surface area contributed by atoms with Crippen molar-refractivity contribution in [3.63, 3.8) is 0 Å². The number of ether oxygens (including phenoxy) is 1. The van der Waals surface area contributed by atoms with E-state index in [1.807, 2.05) is 0 Å². The Bertz CT molecular complexity index is 473. The summed E-state index contributed by atoms with van der Waals surface area (Å²) in [6.45, 7) is 0.669. The third kappa shape index (κ3) is 2.42. The van der Waals surface area contributed by atoms with Crippen molar-refractivity contribution < 1.29 is 14.3 Å². The van der Waals surface area contributed by atoms with Crippen molar-refractivity contribution in [3.05, 3.63) is 23.8 Å². The first-order chi connectivity index (χ1) is 8.11. The van der Waals surface area contributed by atoms with Gasteiger partial charge in [0.25, 0.3) is 5.24 Å². The predicted octanol–water partition coefficient (Wildman–Crippen LogP) is 2.20. The molecule has 0 saturated carbocycles. The molecule has 1 aromatic rings. The minimum Gasteiger partial charge on any atom is -0.497 e. The fourth-order valence-corrected chi connectivity index (χ4v) is 2.00. The number of hydrogen-bond acceptors (Lipinski definition) is 3. The molecule has 17 heavy (non-hydrogen) atoms. The van der Waals surface area contributed by atoms with Gasteiger partial charge in [0.1, 0.15) is 5.75 Å². The Morgan fingerprint density at radius 2 is 2.18 bits per heavy atom. The van der Waals surface area contributed by atoms with E-state index in [-0.39, 0.29) is 5.91 Å². The highest BCUT2D eigenvalue weighted by atomic mass is 35.5. The van der Waals surface area contributed by atoms with Gasteiger partial charge in [-0.2, -0.15) is 0 Å². The van der Waals surface area contributed by atoms with E-state index in [0.717, 1.165) is 6.42 Å². The molecule has 1 aliphatic rings. The zero-order valence-corrected chi connectivity index (χ0v) is 10.2. The Balaban J connectivity index is 2.42. The second-order valence-corrected chi connectivity index (χ2v) is 4.19. The van der Waals surface area contributed by atoms with E-state index in [1.54, 1.807) is 23.1 Å². The summed E-state index contributed by atoms with van der Waals surface area (Å²) in [5.74, 6) is 0.581. The molecule has 1 aromatic carbocycles. The highest BCUT2D eigenvalue weighted by Crippen LogP contribution is 2.28. The number of methoxy groups -OCH3 is 1. The van der Waals surface area contributed by atoms with Gasteiger partial charge in [0.15, 0.2) is 0 Å². The molecule has 2 rings (SSSR count). The van der Waals surface area contributed by atoms with Crippen LogP contribution in [0.15, 0.2) is 18.2 Å². The van der Waals surface area contributed by atoms with Gasteiger partial charge in [0.2, 0.25) is 5.91 Å². The van der Waals surface area contributed by atoms with Crippen LogP contribution in [0.4, 0.5) is 5.69 Å². The Morgan fingerprint density at radius 3 is 2.71 bits per heavy atom. The average Bonchev–Trinajstić information content (AvgIpc) is 2.74. The molecule has 0 aliphatic carbocycles. The molecular formula is C12H12ClNO3. The minimum atomic E-state index is -0.559. The predicted molar refractivity (Wildman–Crippen MR) is 64.8 cm³/mol. The molecule has 1 amide bonds. The van der Waals surface area contributed by atoms with Gasteiger partial charge in [-0.25, -0.2) is 0 Å². The largest absolute Gasteiger partial charge is 0.497 e. The molecule has 0 spiro atoms. The molecule has 1 aliphatic heterocycles. The highest BCUT2D eigenvalue weighted by molar-refractivity contribution is 6.67. The van der Waals surface area contributed by atoms with E-state index in [4.69, 9.17) is 16.3 Å². The number of nitrogens with zero attached hydrogens (tertiary/aromatic N) is 1. The van der Waals surface area contributed by atoms with Gasteiger partial charge in [0, 0.05) is 30.3 Å². The van der Waals surface area contributed by atoms with Gasteiger partial charge in [0.05, 0.1) is 7.11 Å². The van der Waals surface area contributed by atoms with Gasteiger partial charge >= 0.3 is 0 Å². The summed E-state index contributed by atoms with van der Waals surface area (Å²) in [7, 11) is 1.51. The summed E-state index contributed by atoms with van der Waals surface area (Å²) >= 11 is 5.45. The van der Waals surface area contributed by atoms with E-state index >= 15 is 0 Å². The zero-order chi connectivity index (χ0) is 12.4. The summed E-state index contributed by atoms with van der Waals surface area (Å²) in [5, 5.41) is -0.559. The highest BCUT2D eigenvalue weighted by Gasteiger charge is 2.23. The monoisotopic (exact) mass is 253 g/mol. The average molecular weight is 254 g/mol. The molecule has 0 radical (unpaired) electrons. The first-order valence-corrected chi connectivity index (χ1v) is 5.69. The maximum Gasteiger partial charge on any atom is 0.252 e. The zero-order valence-electron chi connectivity index (χ0n) is 9.40. The molecule has 0 atom stereocenters. The Kier molecular flexibility index (Phi) is 3.33. The SMILES string of the molecule is COc1cc(C(=O)Cl)cc(N2CCCC2=O)c1. The summed E-state index contributed by atoms with van der Waals surface area (Å²) < 4.78 is 5.09. The number of rotatable bonds is 3. The van der Waals surface area contributed by atoms with Crippen molar-refractivity contribution >= 4 is 28.4 Å². The van der Waals surface area contributed by atoms with E-state index < -0.39 is 5.24 Å². The summed E-state index contributed by atoms with van der Waals surface area (Å²) in [4.78, 5) is 24.4. The van der Waals surface area contributed by atoms with Gasteiger partial charge in [-0.15, -0.1) is 0 Å². The number of anilines is 1. The van der Waals surface area contributed by atoms with E-state index in [9.17, 15) is 9.59 Å². The molecule has 0 bridgehead atoms. The Labute approximate surface area is 104 Å². The normalized spacial score (nSPS) is 15.2. The van der Waals surface area contributed by atoms with Gasteiger partial charge in [-0.1, -0.05) is 0 Å². The fourth-order valence-electron chi connectivity index (χ4n) is 1.89. The second-order valence-electron chi connectivity index (χ2n) is 3.84. The number of carbonyl (C=O) groups is 2. The van der Waals surface area contributed by atoms with Crippen LogP contribution in [0.2, 0.25) is 0 Å². The lowest BCUT2D eigenvalue weighted by atomic mass is 10.2. The number of carbonyl (C=O) groups excluding carboxylic acids is 2. The minimum absolute atomic E-state index is 0.0613. The molecule has 0 aromatic heterocycles. The van der Waals surface area contributed by atoms with Crippen LogP contribution in [-0.4, -0.2) is 24.8 Å². The number of amides is 1. The fraction of sp³-hybridized carbons (Fsp3) is 0.333. The van der Waals surface area contributed by atoms with E-state index in [2.05, 4.69) is 0 Å². The Hall–Kier alpha value is -1.55. The second kappa shape index (κ2) is 4.75. The molecule has 0 unspecified atom stereocenters. The van der Waals surface area contributed by atoms with E-state index in [0.29, 0.717) is 30.0 Å². The maximum atomic E-state index is 11.6. The van der Waals surface area contributed by atoms with Crippen LogP contribution >= 0.6 is 11.6 Å². The van der Waals surface area contributed by atoms with Crippen molar-refractivity contribution in [1.82, 2.24) is 0 Å². The molecule has 5 heteroatoms. The molecule has 1 saturated heterocycles. The lowest BCUT2D eigenvalue weighted by Crippen LogP contribution is -2.23. The topological polar surface area (TPSA) is 46.6 Å². The lowest BCUT2D eigenvalue weighted by molar-refractivity contribution is -0.117. The molecule has 1 fully saturated rings.